The first-order valence-corrected chi connectivity index (χ1v) is 8.95. The van der Waals surface area contributed by atoms with Gasteiger partial charge in [0, 0.05) is 23.7 Å². The minimum Gasteiger partial charge on any atom is -0.618 e. The summed E-state index contributed by atoms with van der Waals surface area (Å²) >= 11 is 7.16. The summed E-state index contributed by atoms with van der Waals surface area (Å²) in [5.74, 6) is 0.241. The number of halogens is 1. The summed E-state index contributed by atoms with van der Waals surface area (Å²) in [6, 6.07) is 12.6. The van der Waals surface area contributed by atoms with E-state index in [1.165, 1.54) is 18.0 Å². The van der Waals surface area contributed by atoms with E-state index in [0.717, 1.165) is 10.3 Å². The first-order valence-electron chi connectivity index (χ1n) is 7.59. The third kappa shape index (κ3) is 4.20. The van der Waals surface area contributed by atoms with Crippen molar-refractivity contribution in [3.05, 3.63) is 64.5 Å². The molecule has 1 unspecified atom stereocenters. The van der Waals surface area contributed by atoms with Gasteiger partial charge in [-0.15, -0.1) is 0 Å². The van der Waals surface area contributed by atoms with E-state index < -0.39 is 0 Å². The third-order valence-corrected chi connectivity index (χ3v) is 5.05. The predicted octanol–water partition coefficient (Wildman–Crippen LogP) is 2.67. The summed E-state index contributed by atoms with van der Waals surface area (Å²) in [6.07, 6.45) is 1.28. The Kier molecular flexibility index (Phi) is 5.60. The Morgan fingerprint density at radius 2 is 2.12 bits per heavy atom. The van der Waals surface area contributed by atoms with Crippen molar-refractivity contribution in [1.82, 2.24) is 4.90 Å². The normalized spacial score (nSPS) is 17.7. The van der Waals surface area contributed by atoms with Gasteiger partial charge >= 0.3 is 0 Å². The molecule has 1 aliphatic heterocycles. The molecule has 1 aromatic heterocycles. The Morgan fingerprint density at radius 1 is 1.33 bits per heavy atom. The number of nitrogens with zero attached hydrogens (tertiary/aromatic N) is 2. The van der Waals surface area contributed by atoms with Gasteiger partial charge < -0.3 is 14.8 Å². The molecule has 0 aliphatic carbocycles. The average molecular weight is 365 g/mol. The smallest absolute Gasteiger partial charge is 0.251 e. The molecule has 24 heavy (non-hydrogen) atoms. The second kappa shape index (κ2) is 7.88. The van der Waals surface area contributed by atoms with Gasteiger partial charge in [-0.3, -0.25) is 4.79 Å². The summed E-state index contributed by atoms with van der Waals surface area (Å²) in [7, 11) is 0. The van der Waals surface area contributed by atoms with Gasteiger partial charge in [0.05, 0.1) is 18.9 Å². The van der Waals surface area contributed by atoms with E-state index in [9.17, 15) is 10.0 Å². The van der Waals surface area contributed by atoms with Gasteiger partial charge in [0.2, 0.25) is 5.91 Å². The molecule has 0 spiro atoms. The Labute approximate surface area is 149 Å². The van der Waals surface area contributed by atoms with Gasteiger partial charge in [-0.05, 0) is 35.5 Å². The van der Waals surface area contributed by atoms with Crippen molar-refractivity contribution in [2.75, 3.05) is 25.4 Å². The van der Waals surface area contributed by atoms with Crippen LogP contribution < -0.4 is 4.73 Å². The molecule has 0 N–H and O–H groups in total. The number of morpholine rings is 1. The largest absolute Gasteiger partial charge is 0.618 e. The van der Waals surface area contributed by atoms with Crippen LogP contribution in [0.2, 0.25) is 5.02 Å². The summed E-state index contributed by atoms with van der Waals surface area (Å²) in [5, 5.41) is 12.8. The lowest BCUT2D eigenvalue weighted by atomic mass is 10.1. The fraction of sp³-hybridized carbons (Fsp3) is 0.294. The Balaban J connectivity index is 1.59. The third-order valence-electron chi connectivity index (χ3n) is 3.79. The molecule has 0 bridgehead atoms. The summed E-state index contributed by atoms with van der Waals surface area (Å²) in [5.41, 5.74) is 1.00. The zero-order valence-electron chi connectivity index (χ0n) is 12.9. The number of ether oxygens (including phenoxy) is 1. The first kappa shape index (κ1) is 17.1. The number of benzene rings is 1. The van der Waals surface area contributed by atoms with Crippen LogP contribution in [0.3, 0.4) is 0 Å². The van der Waals surface area contributed by atoms with Gasteiger partial charge in [0.15, 0.2) is 6.20 Å². The second-order valence-corrected chi connectivity index (χ2v) is 6.84. The number of pyridine rings is 1. The Morgan fingerprint density at radius 3 is 2.88 bits per heavy atom. The number of carbonyl (C=O) groups is 1. The van der Waals surface area contributed by atoms with Crippen molar-refractivity contribution in [3.63, 3.8) is 0 Å². The van der Waals surface area contributed by atoms with Gasteiger partial charge in [-0.1, -0.05) is 23.7 Å². The number of thioether (sulfide) groups is 1. The lowest BCUT2D eigenvalue weighted by Gasteiger charge is -2.33. The van der Waals surface area contributed by atoms with Crippen LogP contribution in [0, 0.1) is 5.21 Å². The Bertz CT molecular complexity index is 711. The molecule has 7 heteroatoms. The molecule has 1 aliphatic rings. The van der Waals surface area contributed by atoms with Crippen LogP contribution in [0.15, 0.2) is 53.7 Å². The SMILES string of the molecule is O=C(CSc1cccc[n+]1[O-])N1CCOC(c2ccc(Cl)cc2)C1. The van der Waals surface area contributed by atoms with Gasteiger partial charge in [0.1, 0.15) is 6.10 Å². The molecule has 126 valence electrons. The quantitative estimate of drug-likeness (QED) is 0.475. The second-order valence-electron chi connectivity index (χ2n) is 5.40. The molecule has 3 rings (SSSR count). The maximum Gasteiger partial charge on any atom is 0.251 e. The molecule has 1 fully saturated rings. The van der Waals surface area contributed by atoms with E-state index in [-0.39, 0.29) is 17.8 Å². The minimum absolute atomic E-state index is 0.00566. The zero-order chi connectivity index (χ0) is 16.9. The molecule has 1 saturated heterocycles. The number of amides is 1. The summed E-state index contributed by atoms with van der Waals surface area (Å²) < 4.78 is 6.54. The van der Waals surface area contributed by atoms with Crippen molar-refractivity contribution in [2.45, 2.75) is 11.1 Å². The van der Waals surface area contributed by atoms with E-state index in [1.54, 1.807) is 23.1 Å². The lowest BCUT2D eigenvalue weighted by molar-refractivity contribution is -0.645. The van der Waals surface area contributed by atoms with E-state index >= 15 is 0 Å². The minimum atomic E-state index is -0.147. The van der Waals surface area contributed by atoms with Gasteiger partial charge in [-0.25, -0.2) is 0 Å². The van der Waals surface area contributed by atoms with Crippen molar-refractivity contribution >= 4 is 29.3 Å². The first-order chi connectivity index (χ1) is 11.6. The highest BCUT2D eigenvalue weighted by molar-refractivity contribution is 7.99. The number of hydrogen-bond donors (Lipinski definition) is 0. The highest BCUT2D eigenvalue weighted by atomic mass is 35.5. The lowest BCUT2D eigenvalue weighted by Crippen LogP contribution is -2.43. The number of carbonyl (C=O) groups excluding carboxylic acids is 1. The van der Waals surface area contributed by atoms with Crippen LogP contribution in [-0.4, -0.2) is 36.3 Å². The highest BCUT2D eigenvalue weighted by Gasteiger charge is 2.25. The van der Waals surface area contributed by atoms with Crippen molar-refractivity contribution in [1.29, 1.82) is 0 Å². The topological polar surface area (TPSA) is 56.5 Å². The van der Waals surface area contributed by atoms with Crippen molar-refractivity contribution in [3.8, 4) is 0 Å². The van der Waals surface area contributed by atoms with Gasteiger partial charge in [-0.2, -0.15) is 4.73 Å². The molecular formula is C17H17ClN2O3S. The van der Waals surface area contributed by atoms with E-state index in [2.05, 4.69) is 0 Å². The Hall–Kier alpha value is -1.76. The van der Waals surface area contributed by atoms with E-state index in [1.807, 2.05) is 24.3 Å². The van der Waals surface area contributed by atoms with Crippen LogP contribution in [0.5, 0.6) is 0 Å². The molecule has 2 aromatic rings. The van der Waals surface area contributed by atoms with Gasteiger partial charge in [0.25, 0.3) is 5.03 Å². The van der Waals surface area contributed by atoms with Crippen LogP contribution >= 0.6 is 23.4 Å². The van der Waals surface area contributed by atoms with Crippen LogP contribution in [0.25, 0.3) is 0 Å². The molecule has 5 nitrogen and oxygen atoms in total. The molecule has 1 atom stereocenters. The fourth-order valence-corrected chi connectivity index (χ4v) is 3.45. The number of rotatable bonds is 4. The maximum absolute atomic E-state index is 12.4. The molecule has 2 heterocycles. The molecule has 0 radical (unpaired) electrons. The van der Waals surface area contributed by atoms with Crippen molar-refractivity contribution < 1.29 is 14.3 Å². The fourth-order valence-electron chi connectivity index (χ4n) is 2.51. The van der Waals surface area contributed by atoms with Crippen LogP contribution in [0.1, 0.15) is 11.7 Å². The molecular weight excluding hydrogens is 348 g/mol. The summed E-state index contributed by atoms with van der Waals surface area (Å²) in [6.45, 7) is 1.57. The molecule has 0 saturated carbocycles. The predicted molar refractivity (Wildman–Crippen MR) is 92.9 cm³/mol. The molecule has 1 aromatic carbocycles. The van der Waals surface area contributed by atoms with Crippen LogP contribution in [0.4, 0.5) is 0 Å². The average Bonchev–Trinajstić information content (AvgIpc) is 2.61. The molecule has 1 amide bonds. The van der Waals surface area contributed by atoms with E-state index in [0.29, 0.717) is 29.7 Å². The summed E-state index contributed by atoms with van der Waals surface area (Å²) in [4.78, 5) is 14.2. The maximum atomic E-state index is 12.4. The van der Waals surface area contributed by atoms with Crippen molar-refractivity contribution in [2.24, 2.45) is 0 Å². The number of aromatic nitrogens is 1. The monoisotopic (exact) mass is 364 g/mol. The highest BCUT2D eigenvalue weighted by Crippen LogP contribution is 2.24. The standard InChI is InChI=1S/C17H17ClN2O3S/c18-14-6-4-13(5-7-14)15-11-19(9-10-23-15)16(21)12-24-17-3-1-2-8-20(17)22/h1-8,15H,9-12H2. The zero-order valence-corrected chi connectivity index (χ0v) is 14.5. The van der Waals surface area contributed by atoms with E-state index in [4.69, 9.17) is 16.3 Å². The van der Waals surface area contributed by atoms with Crippen LogP contribution in [-0.2, 0) is 9.53 Å². The number of hydrogen-bond acceptors (Lipinski definition) is 4.